The monoisotopic (exact) mass is 398 g/mol. The van der Waals surface area contributed by atoms with Gasteiger partial charge in [-0.3, -0.25) is 0 Å². The molecule has 3 aromatic rings. The Hall–Kier alpha value is -2.60. The third-order valence-corrected chi connectivity index (χ3v) is 4.26. The number of rotatable bonds is 5. The number of carbonyl (C=O) groups excluding carboxylic acids is 1. The normalized spacial score (nSPS) is 10.5. The summed E-state index contributed by atoms with van der Waals surface area (Å²) in [5.41, 5.74) is 3.76. The molecule has 0 bridgehead atoms. The Kier molecular flexibility index (Phi) is 5.50. The molecule has 0 spiro atoms. The summed E-state index contributed by atoms with van der Waals surface area (Å²) in [4.78, 5) is 12.0. The van der Waals surface area contributed by atoms with Crippen molar-refractivity contribution in [3.05, 3.63) is 76.5 Å². The zero-order valence-electron chi connectivity index (χ0n) is 13.9. The number of aromatic nitrogens is 2. The number of aryl methyl sites for hydroxylation is 1. The van der Waals surface area contributed by atoms with Gasteiger partial charge in [0.15, 0.2) is 0 Å². The summed E-state index contributed by atoms with van der Waals surface area (Å²) in [6, 6.07) is 17.4. The molecule has 0 radical (unpaired) electrons. The van der Waals surface area contributed by atoms with Gasteiger partial charge in [0.25, 0.3) is 0 Å². The first-order valence-electron chi connectivity index (χ1n) is 8.03. The Balaban J connectivity index is 1.49. The number of hydrogen-bond acceptors (Lipinski definition) is 2. The molecule has 0 aliphatic heterocycles. The molecule has 2 N–H and O–H groups in total. The average molecular weight is 399 g/mol. The molecule has 6 heteroatoms. The van der Waals surface area contributed by atoms with E-state index in [1.165, 1.54) is 0 Å². The zero-order valence-corrected chi connectivity index (χ0v) is 15.5. The Morgan fingerprint density at radius 1 is 1.16 bits per heavy atom. The Labute approximate surface area is 155 Å². The first-order chi connectivity index (χ1) is 12.1. The number of urea groups is 1. The summed E-state index contributed by atoms with van der Waals surface area (Å²) >= 11 is 3.41. The molecule has 0 atom stereocenters. The van der Waals surface area contributed by atoms with Crippen LogP contribution < -0.4 is 10.6 Å². The molecule has 0 saturated heterocycles. The minimum absolute atomic E-state index is 0.215. The Morgan fingerprint density at radius 2 is 1.96 bits per heavy atom. The molecule has 0 saturated carbocycles. The fourth-order valence-corrected chi connectivity index (χ4v) is 2.93. The molecule has 2 amide bonds. The number of amides is 2. The molecule has 5 nitrogen and oxygen atoms in total. The lowest BCUT2D eigenvalue weighted by atomic mass is 10.2. The van der Waals surface area contributed by atoms with Gasteiger partial charge in [-0.1, -0.05) is 34.1 Å². The molecule has 0 aliphatic rings. The molecule has 25 heavy (non-hydrogen) atoms. The van der Waals surface area contributed by atoms with Crippen molar-refractivity contribution in [3.8, 4) is 5.69 Å². The van der Waals surface area contributed by atoms with Crippen LogP contribution in [0, 0.1) is 6.92 Å². The highest BCUT2D eigenvalue weighted by Crippen LogP contribution is 2.19. The Bertz CT molecular complexity index is 861. The molecule has 1 aromatic heterocycles. The van der Waals surface area contributed by atoms with E-state index < -0.39 is 0 Å². The van der Waals surface area contributed by atoms with Crippen molar-refractivity contribution in [3.63, 3.8) is 0 Å². The van der Waals surface area contributed by atoms with Gasteiger partial charge in [0.05, 0.1) is 11.4 Å². The summed E-state index contributed by atoms with van der Waals surface area (Å²) < 4.78 is 2.82. The van der Waals surface area contributed by atoms with E-state index in [2.05, 4.69) is 31.7 Å². The maximum atomic E-state index is 12.0. The standard InChI is InChI=1S/C19H19BrN4O/c1-14-13-15(20)7-8-18(14)22-19(25)21-11-9-16-10-12-24(23-16)17-5-3-2-4-6-17/h2-8,10,12-13H,9,11H2,1H3,(H2,21,22,25). The summed E-state index contributed by atoms with van der Waals surface area (Å²) in [6.07, 6.45) is 2.60. The molecule has 0 aliphatic carbocycles. The van der Waals surface area contributed by atoms with Crippen molar-refractivity contribution >= 4 is 27.6 Å². The van der Waals surface area contributed by atoms with Gasteiger partial charge < -0.3 is 10.6 Å². The number of halogens is 1. The number of para-hydroxylation sites is 1. The van der Waals surface area contributed by atoms with Crippen LogP contribution in [0.5, 0.6) is 0 Å². The number of nitrogens with zero attached hydrogens (tertiary/aromatic N) is 2. The van der Waals surface area contributed by atoms with E-state index in [-0.39, 0.29) is 6.03 Å². The van der Waals surface area contributed by atoms with Gasteiger partial charge in [0.2, 0.25) is 0 Å². The fraction of sp³-hybridized carbons (Fsp3) is 0.158. The van der Waals surface area contributed by atoms with E-state index in [4.69, 9.17) is 0 Å². The van der Waals surface area contributed by atoms with Crippen molar-refractivity contribution in [1.29, 1.82) is 0 Å². The Morgan fingerprint density at radius 3 is 2.72 bits per heavy atom. The summed E-state index contributed by atoms with van der Waals surface area (Å²) in [5, 5.41) is 10.2. The SMILES string of the molecule is Cc1cc(Br)ccc1NC(=O)NCCc1ccn(-c2ccccc2)n1. The van der Waals surface area contributed by atoms with Crippen molar-refractivity contribution in [2.24, 2.45) is 0 Å². The molecule has 0 fully saturated rings. The summed E-state index contributed by atoms with van der Waals surface area (Å²) in [5.74, 6) is 0. The second kappa shape index (κ2) is 7.98. The molecule has 2 aromatic carbocycles. The second-order valence-corrected chi connectivity index (χ2v) is 6.59. The van der Waals surface area contributed by atoms with Gasteiger partial charge in [-0.2, -0.15) is 5.10 Å². The van der Waals surface area contributed by atoms with Crippen molar-refractivity contribution < 1.29 is 4.79 Å². The molecule has 128 valence electrons. The lowest BCUT2D eigenvalue weighted by Crippen LogP contribution is -2.30. The van der Waals surface area contributed by atoms with Crippen LogP contribution in [0.4, 0.5) is 10.5 Å². The van der Waals surface area contributed by atoms with E-state index in [0.29, 0.717) is 13.0 Å². The second-order valence-electron chi connectivity index (χ2n) is 5.68. The number of benzene rings is 2. The lowest BCUT2D eigenvalue weighted by molar-refractivity contribution is 0.252. The predicted octanol–water partition coefficient (Wildman–Crippen LogP) is 4.31. The van der Waals surface area contributed by atoms with E-state index in [9.17, 15) is 4.79 Å². The van der Waals surface area contributed by atoms with Crippen LogP contribution in [0.2, 0.25) is 0 Å². The maximum Gasteiger partial charge on any atom is 0.319 e. The van der Waals surface area contributed by atoms with Crippen LogP contribution in [0.3, 0.4) is 0 Å². The van der Waals surface area contributed by atoms with E-state index in [0.717, 1.165) is 27.1 Å². The highest BCUT2D eigenvalue weighted by Gasteiger charge is 2.06. The van der Waals surface area contributed by atoms with E-state index >= 15 is 0 Å². The van der Waals surface area contributed by atoms with Gasteiger partial charge in [-0.25, -0.2) is 9.48 Å². The van der Waals surface area contributed by atoms with Gasteiger partial charge in [0.1, 0.15) is 0 Å². The molecular formula is C19H19BrN4O. The van der Waals surface area contributed by atoms with Crippen LogP contribution in [-0.2, 0) is 6.42 Å². The van der Waals surface area contributed by atoms with Crippen LogP contribution >= 0.6 is 15.9 Å². The lowest BCUT2D eigenvalue weighted by Gasteiger charge is -2.09. The van der Waals surface area contributed by atoms with E-state index in [1.807, 2.05) is 72.4 Å². The van der Waals surface area contributed by atoms with Crippen molar-refractivity contribution in [2.45, 2.75) is 13.3 Å². The molecule has 0 unspecified atom stereocenters. The van der Waals surface area contributed by atoms with Crippen LogP contribution in [0.15, 0.2) is 65.3 Å². The number of hydrogen-bond donors (Lipinski definition) is 2. The van der Waals surface area contributed by atoms with Gasteiger partial charge in [-0.05, 0) is 48.9 Å². The smallest absolute Gasteiger partial charge is 0.319 e. The van der Waals surface area contributed by atoms with Crippen molar-refractivity contribution in [1.82, 2.24) is 15.1 Å². The third kappa shape index (κ3) is 4.70. The van der Waals surface area contributed by atoms with Crippen molar-refractivity contribution in [2.75, 3.05) is 11.9 Å². The minimum atomic E-state index is -0.215. The first-order valence-corrected chi connectivity index (χ1v) is 8.82. The predicted molar refractivity (Wildman–Crippen MR) is 103 cm³/mol. The fourth-order valence-electron chi connectivity index (χ4n) is 2.46. The highest BCUT2D eigenvalue weighted by molar-refractivity contribution is 9.10. The van der Waals surface area contributed by atoms with Gasteiger partial charge in [-0.15, -0.1) is 0 Å². The van der Waals surface area contributed by atoms with Crippen LogP contribution in [0.25, 0.3) is 5.69 Å². The maximum absolute atomic E-state index is 12.0. The third-order valence-electron chi connectivity index (χ3n) is 3.77. The number of nitrogens with one attached hydrogen (secondary N) is 2. The molecule has 1 heterocycles. The number of carbonyl (C=O) groups is 1. The largest absolute Gasteiger partial charge is 0.337 e. The topological polar surface area (TPSA) is 59.0 Å². The summed E-state index contributed by atoms with van der Waals surface area (Å²) in [7, 11) is 0. The number of anilines is 1. The zero-order chi connectivity index (χ0) is 17.6. The van der Waals surface area contributed by atoms with Gasteiger partial charge in [0, 0.05) is 29.3 Å². The average Bonchev–Trinajstić information content (AvgIpc) is 3.07. The van der Waals surface area contributed by atoms with Crippen LogP contribution in [0.1, 0.15) is 11.3 Å². The minimum Gasteiger partial charge on any atom is -0.337 e. The molecule has 3 rings (SSSR count). The quantitative estimate of drug-likeness (QED) is 0.672. The highest BCUT2D eigenvalue weighted by atomic mass is 79.9. The van der Waals surface area contributed by atoms with E-state index in [1.54, 1.807) is 0 Å². The van der Waals surface area contributed by atoms with Gasteiger partial charge >= 0.3 is 6.03 Å². The molecular weight excluding hydrogens is 380 g/mol. The van der Waals surface area contributed by atoms with Crippen LogP contribution in [-0.4, -0.2) is 22.4 Å². The first kappa shape index (κ1) is 17.2. The summed E-state index contributed by atoms with van der Waals surface area (Å²) in [6.45, 7) is 2.48.